The Labute approximate surface area is 76.1 Å². The lowest BCUT2D eigenvalue weighted by atomic mass is 10.5. The number of rotatable bonds is 0. The molecule has 0 spiro atoms. The first-order valence-electron chi connectivity index (χ1n) is 4.01. The summed E-state index contributed by atoms with van der Waals surface area (Å²) in [5, 5.41) is 0. The number of H-pyrrole nitrogens is 2. The van der Waals surface area contributed by atoms with Crippen LogP contribution in [-0.4, -0.2) is 25.7 Å². The molecule has 7 nitrogen and oxygen atoms in total. The topological polar surface area (TPSA) is 95.9 Å². The third kappa shape index (κ3) is 0.754. The fraction of sp³-hybridized carbons (Fsp3) is 0.143. The monoisotopic (exact) mass is 191 g/mol. The van der Waals surface area contributed by atoms with Gasteiger partial charge in [0.25, 0.3) is 5.56 Å². The lowest BCUT2D eigenvalue weighted by molar-refractivity contribution is 0.921. The molecule has 0 fully saturated rings. The van der Waals surface area contributed by atoms with E-state index < -0.39 is 11.2 Å². The highest BCUT2D eigenvalue weighted by Crippen LogP contribution is 2.19. The third-order valence-corrected chi connectivity index (χ3v) is 2.09. The lowest BCUT2D eigenvalue weighted by Crippen LogP contribution is -2.23. The molecule has 0 saturated heterocycles. The largest absolute Gasteiger partial charge is 0.327 e. The molecule has 2 aromatic heterocycles. The van der Waals surface area contributed by atoms with Crippen molar-refractivity contribution in [3.8, 4) is 0 Å². The molecule has 1 aliphatic rings. The first-order valence-corrected chi connectivity index (χ1v) is 4.01. The number of imidazole rings is 1. The van der Waals surface area contributed by atoms with E-state index in [0.29, 0.717) is 18.0 Å². The molecule has 14 heavy (non-hydrogen) atoms. The van der Waals surface area contributed by atoms with Crippen molar-refractivity contribution >= 4 is 23.3 Å². The summed E-state index contributed by atoms with van der Waals surface area (Å²) in [5.74, 6) is 0.451. The molecule has 0 saturated carbocycles. The summed E-state index contributed by atoms with van der Waals surface area (Å²) in [6.07, 6.45) is 1.66. The Morgan fingerprint density at radius 1 is 1.36 bits per heavy atom. The maximum atomic E-state index is 11.4. The first kappa shape index (κ1) is 7.25. The highest BCUT2D eigenvalue weighted by Gasteiger charge is 2.16. The van der Waals surface area contributed by atoms with Crippen molar-refractivity contribution in [2.75, 3.05) is 0 Å². The second-order valence-corrected chi connectivity index (χ2v) is 2.94. The van der Waals surface area contributed by atoms with Gasteiger partial charge in [0.2, 0.25) is 5.95 Å². The van der Waals surface area contributed by atoms with Gasteiger partial charge in [-0.3, -0.25) is 19.3 Å². The Morgan fingerprint density at radius 3 is 3.07 bits per heavy atom. The number of hydrogen-bond acceptors (Lipinski definition) is 4. The number of hydrogen-bond donors (Lipinski definition) is 2. The molecule has 3 rings (SSSR count). The van der Waals surface area contributed by atoms with E-state index in [4.69, 9.17) is 0 Å². The average Bonchev–Trinajstić information content (AvgIpc) is 2.60. The SMILES string of the molecule is O=c1[nH]c(=O)c2c(nc3n2CC=N3)[nH]1. The highest BCUT2D eigenvalue weighted by atomic mass is 16.2. The fourth-order valence-electron chi connectivity index (χ4n) is 1.54. The van der Waals surface area contributed by atoms with Crippen LogP contribution in [0.1, 0.15) is 0 Å². The van der Waals surface area contributed by atoms with Crippen LogP contribution in [0.25, 0.3) is 11.2 Å². The normalized spacial score (nSPS) is 13.7. The van der Waals surface area contributed by atoms with Crippen molar-refractivity contribution in [1.82, 2.24) is 19.5 Å². The molecule has 0 aliphatic carbocycles. The zero-order valence-corrected chi connectivity index (χ0v) is 6.94. The van der Waals surface area contributed by atoms with Gasteiger partial charge in [-0.05, 0) is 0 Å². The molecule has 2 N–H and O–H groups in total. The van der Waals surface area contributed by atoms with Crippen molar-refractivity contribution in [3.63, 3.8) is 0 Å². The summed E-state index contributed by atoms with van der Waals surface area (Å²) in [6.45, 7) is 0.515. The highest BCUT2D eigenvalue weighted by molar-refractivity contribution is 5.78. The van der Waals surface area contributed by atoms with Crippen LogP contribution in [-0.2, 0) is 6.54 Å². The van der Waals surface area contributed by atoms with Gasteiger partial charge in [-0.1, -0.05) is 0 Å². The van der Waals surface area contributed by atoms with Gasteiger partial charge in [0, 0.05) is 6.21 Å². The van der Waals surface area contributed by atoms with Crippen LogP contribution in [0, 0.1) is 0 Å². The molecule has 7 heteroatoms. The van der Waals surface area contributed by atoms with Gasteiger partial charge >= 0.3 is 5.69 Å². The van der Waals surface area contributed by atoms with Crippen LogP contribution >= 0.6 is 0 Å². The van der Waals surface area contributed by atoms with E-state index in [2.05, 4.69) is 19.9 Å². The van der Waals surface area contributed by atoms with Gasteiger partial charge in [0.15, 0.2) is 11.2 Å². The van der Waals surface area contributed by atoms with Gasteiger partial charge in [0.05, 0.1) is 6.54 Å². The second-order valence-electron chi connectivity index (χ2n) is 2.94. The van der Waals surface area contributed by atoms with Crippen LogP contribution in [0.3, 0.4) is 0 Å². The van der Waals surface area contributed by atoms with Crippen LogP contribution in [0.4, 0.5) is 5.95 Å². The van der Waals surface area contributed by atoms with E-state index in [1.807, 2.05) is 0 Å². The molecule has 0 unspecified atom stereocenters. The van der Waals surface area contributed by atoms with Gasteiger partial charge in [0.1, 0.15) is 0 Å². The summed E-state index contributed by atoms with van der Waals surface area (Å²) in [5.41, 5.74) is -0.348. The first-order chi connectivity index (χ1) is 6.75. The average molecular weight is 191 g/mol. The summed E-state index contributed by atoms with van der Waals surface area (Å²) in [6, 6.07) is 0. The molecule has 0 atom stereocenters. The Balaban J connectivity index is 2.60. The standard InChI is InChI=1S/C7H5N5O2/c13-5-3-4(10-7(14)11-5)9-6-8-1-2-12(3)6/h1H,2H2,(H2,10,11,13,14). The quantitative estimate of drug-likeness (QED) is 0.566. The molecule has 2 aromatic rings. The predicted octanol–water partition coefficient (Wildman–Crippen LogP) is -0.871. The van der Waals surface area contributed by atoms with Gasteiger partial charge in [-0.2, -0.15) is 4.98 Å². The number of nitrogens with zero attached hydrogens (tertiary/aromatic N) is 3. The number of aromatic nitrogens is 4. The van der Waals surface area contributed by atoms with E-state index in [-0.39, 0.29) is 5.65 Å². The lowest BCUT2D eigenvalue weighted by Gasteiger charge is -1.93. The summed E-state index contributed by atoms with van der Waals surface area (Å²) in [4.78, 5) is 34.9. The molecule has 0 bridgehead atoms. The van der Waals surface area contributed by atoms with E-state index in [1.54, 1.807) is 10.8 Å². The minimum absolute atomic E-state index is 0.283. The number of aromatic amines is 2. The predicted molar refractivity (Wildman–Crippen MR) is 49.1 cm³/mol. The molecule has 0 aromatic carbocycles. The molecule has 1 aliphatic heterocycles. The van der Waals surface area contributed by atoms with E-state index in [1.165, 1.54) is 0 Å². The van der Waals surface area contributed by atoms with Crippen molar-refractivity contribution in [3.05, 3.63) is 20.8 Å². The number of fused-ring (bicyclic) bond motifs is 3. The smallest absolute Gasteiger partial charge is 0.297 e. The van der Waals surface area contributed by atoms with Crippen molar-refractivity contribution in [2.45, 2.75) is 6.54 Å². The molecule has 3 heterocycles. The van der Waals surface area contributed by atoms with Crippen molar-refractivity contribution in [1.29, 1.82) is 0 Å². The molecule has 0 radical (unpaired) electrons. The third-order valence-electron chi connectivity index (χ3n) is 2.09. The fourth-order valence-corrected chi connectivity index (χ4v) is 1.54. The summed E-state index contributed by atoms with van der Waals surface area (Å²) >= 11 is 0. The van der Waals surface area contributed by atoms with E-state index in [9.17, 15) is 9.59 Å². The Bertz CT molecular complexity index is 659. The number of aliphatic imine (C=N–C) groups is 1. The van der Waals surface area contributed by atoms with Gasteiger partial charge < -0.3 is 0 Å². The van der Waals surface area contributed by atoms with Crippen LogP contribution in [0.15, 0.2) is 14.6 Å². The van der Waals surface area contributed by atoms with Crippen LogP contribution < -0.4 is 11.2 Å². The van der Waals surface area contributed by atoms with Gasteiger partial charge in [-0.15, -0.1) is 0 Å². The molecular weight excluding hydrogens is 186 g/mol. The van der Waals surface area contributed by atoms with E-state index >= 15 is 0 Å². The van der Waals surface area contributed by atoms with Crippen molar-refractivity contribution in [2.24, 2.45) is 4.99 Å². The molecule has 0 amide bonds. The maximum absolute atomic E-state index is 11.4. The zero-order chi connectivity index (χ0) is 9.71. The zero-order valence-electron chi connectivity index (χ0n) is 6.94. The maximum Gasteiger partial charge on any atom is 0.327 e. The summed E-state index contributed by atoms with van der Waals surface area (Å²) in [7, 11) is 0. The van der Waals surface area contributed by atoms with Gasteiger partial charge in [-0.25, -0.2) is 9.79 Å². The minimum atomic E-state index is -0.553. The van der Waals surface area contributed by atoms with Crippen LogP contribution in [0.2, 0.25) is 0 Å². The second kappa shape index (κ2) is 2.19. The Hall–Kier alpha value is -2.18. The molecule has 70 valence electrons. The minimum Gasteiger partial charge on any atom is -0.297 e. The molecular formula is C7H5N5O2. The summed E-state index contributed by atoms with van der Waals surface area (Å²) < 4.78 is 1.64. The van der Waals surface area contributed by atoms with Crippen LogP contribution in [0.5, 0.6) is 0 Å². The van der Waals surface area contributed by atoms with E-state index in [0.717, 1.165) is 0 Å². The number of nitrogens with one attached hydrogen (secondary N) is 2. The Morgan fingerprint density at radius 2 is 2.21 bits per heavy atom. The Kier molecular flexibility index (Phi) is 1.13. The van der Waals surface area contributed by atoms with Crippen molar-refractivity contribution < 1.29 is 0 Å².